The van der Waals surface area contributed by atoms with E-state index in [1.807, 2.05) is 0 Å². The molecule has 2 aliphatic heterocycles. The smallest absolute Gasteiger partial charge is 0.224 e. The van der Waals surface area contributed by atoms with Crippen LogP contribution in [0.2, 0.25) is 0 Å². The Morgan fingerprint density at radius 2 is 1.76 bits per heavy atom. The molecule has 0 radical (unpaired) electrons. The van der Waals surface area contributed by atoms with Crippen LogP contribution < -0.4 is 5.73 Å². The summed E-state index contributed by atoms with van der Waals surface area (Å²) in [6, 6.07) is 5.56. The molecule has 2 fully saturated rings. The third-order valence-corrected chi connectivity index (χ3v) is 8.58. The minimum absolute atomic E-state index is 0.00529. The van der Waals surface area contributed by atoms with Gasteiger partial charge in [-0.25, -0.2) is 26.6 Å². The van der Waals surface area contributed by atoms with Gasteiger partial charge in [-0.15, -0.1) is 0 Å². The number of halogens is 3. The Morgan fingerprint density at radius 1 is 1.12 bits per heavy atom. The van der Waals surface area contributed by atoms with Gasteiger partial charge >= 0.3 is 0 Å². The fraction of sp³-hybridized carbons (Fsp3) is 0.500. The number of nitrogens with zero attached hydrogens (tertiary/aromatic N) is 2. The molecule has 2 aliphatic rings. The Bertz CT molecular complexity index is 1180. The predicted octanol–water partition coefficient (Wildman–Crippen LogP) is 3.31. The topological polar surface area (TPSA) is 93.4 Å². The molecule has 4 atom stereocenters. The van der Waals surface area contributed by atoms with E-state index in [1.54, 1.807) is 24.0 Å². The predicted molar refractivity (Wildman–Crippen MR) is 120 cm³/mol. The Kier molecular flexibility index (Phi) is 7.00. The number of fused-ring (bicyclic) bond motifs is 2. The highest BCUT2D eigenvalue weighted by Crippen LogP contribution is 2.40. The van der Waals surface area contributed by atoms with Crippen LogP contribution in [0.25, 0.3) is 0 Å². The second kappa shape index (κ2) is 9.65. The first-order chi connectivity index (χ1) is 16.0. The number of hydrogen-bond acceptors (Lipinski definition) is 5. The number of aryl methyl sites for hydroxylation is 1. The zero-order valence-electron chi connectivity index (χ0n) is 18.9. The molecular weight excluding hydrogens is 467 g/mol. The molecule has 2 aromatic rings. The van der Waals surface area contributed by atoms with Crippen molar-refractivity contribution in [1.29, 1.82) is 0 Å². The minimum Gasteiger partial charge on any atom is -0.337 e. The molecule has 3 heterocycles. The molecule has 1 aromatic heterocycles. The molecule has 0 saturated carbocycles. The van der Waals surface area contributed by atoms with Gasteiger partial charge in [0, 0.05) is 36.3 Å². The van der Waals surface area contributed by atoms with Crippen LogP contribution in [0.4, 0.5) is 13.2 Å². The van der Waals surface area contributed by atoms with Crippen molar-refractivity contribution in [2.75, 3.05) is 5.75 Å². The van der Waals surface area contributed by atoms with E-state index in [1.165, 1.54) is 6.07 Å². The Hall–Kier alpha value is -2.46. The Morgan fingerprint density at radius 3 is 2.41 bits per heavy atom. The summed E-state index contributed by atoms with van der Waals surface area (Å²) in [5.74, 6) is -3.69. The van der Waals surface area contributed by atoms with Gasteiger partial charge in [0.15, 0.2) is 26.5 Å². The van der Waals surface area contributed by atoms with Crippen molar-refractivity contribution in [3.63, 3.8) is 0 Å². The molecule has 4 rings (SSSR count). The number of carbonyl (C=O) groups is 1. The molecule has 0 aliphatic carbocycles. The van der Waals surface area contributed by atoms with Crippen molar-refractivity contribution in [2.24, 2.45) is 11.7 Å². The van der Waals surface area contributed by atoms with Crippen LogP contribution in [0.15, 0.2) is 35.4 Å². The number of rotatable bonds is 7. The lowest BCUT2D eigenvalue weighted by molar-refractivity contribution is -0.136. The second-order valence-corrected chi connectivity index (χ2v) is 11.4. The summed E-state index contributed by atoms with van der Waals surface area (Å²) in [5, 5.41) is -0.0302. The summed E-state index contributed by atoms with van der Waals surface area (Å²) in [4.78, 5) is 18.8. The van der Waals surface area contributed by atoms with E-state index in [-0.39, 0.29) is 53.1 Å². The summed E-state index contributed by atoms with van der Waals surface area (Å²) < 4.78 is 66.0. The number of piperidine rings is 1. The van der Waals surface area contributed by atoms with Crippen LogP contribution in [-0.4, -0.2) is 48.1 Å². The number of aromatic nitrogens is 1. The lowest BCUT2D eigenvalue weighted by Gasteiger charge is -2.41. The SMILES string of the molecule is Cc1cccc(S(=O)(=O)CCC(=O)N2[C@@H]3CC[C@H]2C[C@@H]([C@H](N)Cc2cc(F)c(F)cc2F)C3)n1. The van der Waals surface area contributed by atoms with E-state index >= 15 is 0 Å². The molecule has 0 spiro atoms. The molecule has 10 heteroatoms. The maximum atomic E-state index is 14.0. The van der Waals surface area contributed by atoms with E-state index in [4.69, 9.17) is 5.73 Å². The first kappa shape index (κ1) is 24.7. The summed E-state index contributed by atoms with van der Waals surface area (Å²) in [6.45, 7) is 1.71. The van der Waals surface area contributed by atoms with E-state index in [9.17, 15) is 26.4 Å². The zero-order valence-corrected chi connectivity index (χ0v) is 19.7. The Labute approximate surface area is 197 Å². The highest BCUT2D eigenvalue weighted by atomic mass is 32.2. The molecule has 2 N–H and O–H groups in total. The third kappa shape index (κ3) is 5.12. The maximum Gasteiger partial charge on any atom is 0.224 e. The lowest BCUT2D eigenvalue weighted by atomic mass is 9.82. The van der Waals surface area contributed by atoms with E-state index < -0.39 is 33.3 Å². The lowest BCUT2D eigenvalue weighted by Crippen LogP contribution is -2.50. The average molecular weight is 496 g/mol. The van der Waals surface area contributed by atoms with Gasteiger partial charge in [0.2, 0.25) is 5.91 Å². The summed E-state index contributed by atoms with van der Waals surface area (Å²) in [7, 11) is -3.67. The molecule has 6 nitrogen and oxygen atoms in total. The second-order valence-electron chi connectivity index (χ2n) is 9.33. The molecular formula is C24H28F3N3O3S. The van der Waals surface area contributed by atoms with Gasteiger partial charge in [0.25, 0.3) is 0 Å². The number of amides is 1. The van der Waals surface area contributed by atoms with Gasteiger partial charge in [-0.1, -0.05) is 6.07 Å². The monoisotopic (exact) mass is 495 g/mol. The number of sulfone groups is 1. The van der Waals surface area contributed by atoms with Crippen LogP contribution in [0.5, 0.6) is 0 Å². The van der Waals surface area contributed by atoms with Crippen molar-refractivity contribution < 1.29 is 26.4 Å². The van der Waals surface area contributed by atoms with Crippen LogP contribution in [0.1, 0.15) is 43.4 Å². The fourth-order valence-corrected chi connectivity index (χ4v) is 6.48. The van der Waals surface area contributed by atoms with Crippen LogP contribution >= 0.6 is 0 Å². The number of nitrogens with two attached hydrogens (primary N) is 1. The molecule has 34 heavy (non-hydrogen) atoms. The van der Waals surface area contributed by atoms with Crippen molar-refractivity contribution in [1.82, 2.24) is 9.88 Å². The van der Waals surface area contributed by atoms with Crippen molar-refractivity contribution in [3.8, 4) is 0 Å². The van der Waals surface area contributed by atoms with Crippen LogP contribution in [0.3, 0.4) is 0 Å². The van der Waals surface area contributed by atoms with Crippen molar-refractivity contribution >= 4 is 15.7 Å². The molecule has 2 bridgehead atoms. The van der Waals surface area contributed by atoms with Gasteiger partial charge in [0.05, 0.1) is 5.75 Å². The summed E-state index contributed by atoms with van der Waals surface area (Å²) in [5.41, 5.74) is 6.96. The first-order valence-electron chi connectivity index (χ1n) is 11.4. The van der Waals surface area contributed by atoms with E-state index in [0.717, 1.165) is 18.9 Å². The number of pyridine rings is 1. The molecule has 1 aromatic carbocycles. The van der Waals surface area contributed by atoms with Gasteiger partial charge in [0.1, 0.15) is 5.82 Å². The highest BCUT2D eigenvalue weighted by molar-refractivity contribution is 7.91. The number of carbonyl (C=O) groups excluding carboxylic acids is 1. The maximum absolute atomic E-state index is 14.0. The highest BCUT2D eigenvalue weighted by Gasteiger charge is 2.44. The molecule has 0 unspecified atom stereocenters. The number of hydrogen-bond donors (Lipinski definition) is 1. The molecule has 1 amide bonds. The van der Waals surface area contributed by atoms with Crippen LogP contribution in [0, 0.1) is 30.3 Å². The summed E-state index contributed by atoms with van der Waals surface area (Å²) in [6.07, 6.45) is 2.77. The minimum atomic E-state index is -3.67. The van der Waals surface area contributed by atoms with Gasteiger partial charge in [-0.3, -0.25) is 4.79 Å². The van der Waals surface area contributed by atoms with Gasteiger partial charge < -0.3 is 10.6 Å². The average Bonchev–Trinajstić information content (AvgIpc) is 3.05. The van der Waals surface area contributed by atoms with Gasteiger partial charge in [-0.05, 0) is 68.7 Å². The van der Waals surface area contributed by atoms with Gasteiger partial charge in [-0.2, -0.15) is 0 Å². The van der Waals surface area contributed by atoms with Crippen molar-refractivity contribution in [3.05, 3.63) is 59.0 Å². The quantitative estimate of drug-likeness (QED) is 0.595. The first-order valence-corrected chi connectivity index (χ1v) is 13.1. The standard InChI is InChI=1S/C24H28F3N3O3S/c1-14-3-2-4-23(29-14)34(32,33)8-7-24(31)30-17-5-6-18(30)10-16(9-17)22(28)12-15-11-20(26)21(27)13-19(15)25/h2-4,11,13,16-18,22H,5-10,12,28H2,1H3/t16-,17+,18-,22-/m1/s1. The fourth-order valence-electron chi connectivity index (χ4n) is 5.26. The summed E-state index contributed by atoms with van der Waals surface area (Å²) >= 11 is 0. The zero-order chi connectivity index (χ0) is 24.6. The van der Waals surface area contributed by atoms with E-state index in [0.29, 0.717) is 24.6 Å². The van der Waals surface area contributed by atoms with E-state index in [2.05, 4.69) is 4.98 Å². The van der Waals surface area contributed by atoms with Crippen LogP contribution in [-0.2, 0) is 21.1 Å². The normalized spacial score (nSPS) is 23.2. The molecule has 184 valence electrons. The Balaban J connectivity index is 1.37. The third-order valence-electron chi connectivity index (χ3n) is 6.97. The van der Waals surface area contributed by atoms with Crippen molar-refractivity contribution in [2.45, 2.75) is 68.6 Å². The molecule has 2 saturated heterocycles. The largest absolute Gasteiger partial charge is 0.337 e. The number of benzene rings is 1.